The van der Waals surface area contributed by atoms with Gasteiger partial charge in [-0.05, 0) is 12.1 Å². The van der Waals surface area contributed by atoms with E-state index in [1.54, 1.807) is 0 Å². The van der Waals surface area contributed by atoms with Gasteiger partial charge in [0.15, 0.2) is 0 Å². The number of ether oxygens (including phenoxy) is 1. The van der Waals surface area contributed by atoms with Gasteiger partial charge in [0.25, 0.3) is 5.69 Å². The molecule has 0 heterocycles. The van der Waals surface area contributed by atoms with Crippen LogP contribution in [0.2, 0.25) is 0 Å². The molecule has 0 aliphatic carbocycles. The van der Waals surface area contributed by atoms with Crippen LogP contribution in [-0.2, 0) is 9.53 Å². The molecular formula is C12H14N4O4. The number of nitriles is 1. The molecule has 0 aliphatic rings. The molecule has 8 nitrogen and oxygen atoms in total. The number of nitrogens with one attached hydrogen (secondary N) is 2. The van der Waals surface area contributed by atoms with Gasteiger partial charge in [0, 0.05) is 19.7 Å². The van der Waals surface area contributed by atoms with Crippen LogP contribution in [0.4, 0.5) is 11.4 Å². The Bertz CT molecular complexity index is 539. The average Bonchev–Trinajstić information content (AvgIpc) is 2.44. The normalized spacial score (nSPS) is 9.60. The Hall–Kier alpha value is -2.66. The highest BCUT2D eigenvalue weighted by Gasteiger charge is 2.14. The van der Waals surface area contributed by atoms with Crippen molar-refractivity contribution in [2.75, 3.05) is 32.1 Å². The molecule has 20 heavy (non-hydrogen) atoms. The molecule has 2 N–H and O–H groups in total. The molecule has 0 bridgehead atoms. The second-order valence-electron chi connectivity index (χ2n) is 3.80. The van der Waals surface area contributed by atoms with Crippen molar-refractivity contribution < 1.29 is 14.5 Å². The van der Waals surface area contributed by atoms with E-state index in [0.717, 1.165) is 0 Å². The fourth-order valence-electron chi connectivity index (χ4n) is 1.44. The third-order valence-corrected chi connectivity index (χ3v) is 2.39. The molecule has 1 aromatic rings. The predicted molar refractivity (Wildman–Crippen MR) is 71.2 cm³/mol. The quantitative estimate of drug-likeness (QED) is 0.429. The molecule has 1 rings (SSSR count). The van der Waals surface area contributed by atoms with Crippen molar-refractivity contribution in [3.63, 3.8) is 0 Å². The minimum absolute atomic E-state index is 0.126. The highest BCUT2D eigenvalue weighted by molar-refractivity contribution is 5.81. The van der Waals surface area contributed by atoms with Gasteiger partial charge in [0.05, 0.1) is 29.7 Å². The number of rotatable bonds is 7. The minimum Gasteiger partial charge on any atom is -0.383 e. The maximum Gasteiger partial charge on any atom is 0.292 e. The Morgan fingerprint density at radius 2 is 2.30 bits per heavy atom. The van der Waals surface area contributed by atoms with Crippen LogP contribution >= 0.6 is 0 Å². The summed E-state index contributed by atoms with van der Waals surface area (Å²) in [6, 6.07) is 5.79. The van der Waals surface area contributed by atoms with Gasteiger partial charge in [-0.2, -0.15) is 5.26 Å². The summed E-state index contributed by atoms with van der Waals surface area (Å²) < 4.78 is 4.78. The number of hydrogen-bond donors (Lipinski definition) is 2. The van der Waals surface area contributed by atoms with Gasteiger partial charge in [-0.25, -0.2) is 0 Å². The van der Waals surface area contributed by atoms with Crippen molar-refractivity contribution in [1.82, 2.24) is 5.32 Å². The lowest BCUT2D eigenvalue weighted by Crippen LogP contribution is -2.32. The molecule has 1 aromatic carbocycles. The van der Waals surface area contributed by atoms with Crippen molar-refractivity contribution in [3.05, 3.63) is 33.9 Å². The molecular weight excluding hydrogens is 264 g/mol. The molecule has 0 unspecified atom stereocenters. The van der Waals surface area contributed by atoms with Crippen molar-refractivity contribution in [2.45, 2.75) is 0 Å². The first-order chi connectivity index (χ1) is 9.58. The molecule has 0 saturated heterocycles. The third kappa shape index (κ3) is 4.55. The SMILES string of the molecule is COCCNC(=O)CNc1cc(C#N)ccc1[N+](=O)[O-]. The summed E-state index contributed by atoms with van der Waals surface area (Å²) in [6.45, 7) is 0.618. The van der Waals surface area contributed by atoms with Crippen LogP contribution in [0.5, 0.6) is 0 Å². The standard InChI is InChI=1S/C12H14N4O4/c1-20-5-4-14-12(17)8-15-10-6-9(7-13)2-3-11(10)16(18)19/h2-3,6,15H,4-5,8H2,1H3,(H,14,17). The zero-order valence-corrected chi connectivity index (χ0v) is 10.9. The number of nitro groups is 1. The largest absolute Gasteiger partial charge is 0.383 e. The number of anilines is 1. The van der Waals surface area contributed by atoms with E-state index in [2.05, 4.69) is 10.6 Å². The maximum atomic E-state index is 11.5. The number of carbonyl (C=O) groups is 1. The highest BCUT2D eigenvalue weighted by Crippen LogP contribution is 2.24. The second kappa shape index (κ2) is 7.70. The van der Waals surface area contributed by atoms with Crippen LogP contribution in [-0.4, -0.2) is 37.6 Å². The minimum atomic E-state index is -0.577. The zero-order valence-electron chi connectivity index (χ0n) is 10.9. The number of nitrogens with zero attached hydrogens (tertiary/aromatic N) is 2. The number of nitro benzene ring substituents is 1. The van der Waals surface area contributed by atoms with Crippen LogP contribution < -0.4 is 10.6 Å². The number of amides is 1. The van der Waals surface area contributed by atoms with Gasteiger partial charge in [0.2, 0.25) is 5.91 Å². The van der Waals surface area contributed by atoms with Crippen LogP contribution in [0.1, 0.15) is 5.56 Å². The first kappa shape index (κ1) is 15.4. The van der Waals surface area contributed by atoms with Crippen LogP contribution in [0, 0.1) is 21.4 Å². The monoisotopic (exact) mass is 278 g/mol. The van der Waals surface area contributed by atoms with E-state index >= 15 is 0 Å². The Kier molecular flexibility index (Phi) is 5.93. The van der Waals surface area contributed by atoms with Crippen molar-refractivity contribution in [3.8, 4) is 6.07 Å². The first-order valence-corrected chi connectivity index (χ1v) is 5.76. The highest BCUT2D eigenvalue weighted by atomic mass is 16.6. The Balaban J connectivity index is 2.68. The van der Waals surface area contributed by atoms with E-state index in [4.69, 9.17) is 10.00 Å². The number of methoxy groups -OCH3 is 1. The number of hydrogen-bond acceptors (Lipinski definition) is 6. The summed E-state index contributed by atoms with van der Waals surface area (Å²) in [4.78, 5) is 21.7. The Labute approximate surface area is 115 Å². The maximum absolute atomic E-state index is 11.5. The lowest BCUT2D eigenvalue weighted by molar-refractivity contribution is -0.384. The summed E-state index contributed by atoms with van der Waals surface area (Å²) in [6.07, 6.45) is 0. The summed E-state index contributed by atoms with van der Waals surface area (Å²) >= 11 is 0. The molecule has 106 valence electrons. The Morgan fingerprint density at radius 1 is 1.55 bits per heavy atom. The lowest BCUT2D eigenvalue weighted by Gasteiger charge is -2.08. The molecule has 0 spiro atoms. The van der Waals surface area contributed by atoms with Gasteiger partial charge in [-0.1, -0.05) is 0 Å². The van der Waals surface area contributed by atoms with E-state index in [-0.39, 0.29) is 29.4 Å². The fourth-order valence-corrected chi connectivity index (χ4v) is 1.44. The zero-order chi connectivity index (χ0) is 15.0. The summed E-state index contributed by atoms with van der Waals surface area (Å²) in [5, 5.41) is 24.8. The Morgan fingerprint density at radius 3 is 2.90 bits per heavy atom. The van der Waals surface area contributed by atoms with E-state index in [0.29, 0.717) is 13.2 Å². The topological polar surface area (TPSA) is 117 Å². The van der Waals surface area contributed by atoms with E-state index in [1.807, 2.05) is 6.07 Å². The molecule has 0 fully saturated rings. The predicted octanol–water partition coefficient (Wildman–Crippen LogP) is 0.641. The van der Waals surface area contributed by atoms with Gasteiger partial charge >= 0.3 is 0 Å². The molecule has 0 aliphatic heterocycles. The molecule has 1 amide bonds. The summed E-state index contributed by atoms with van der Waals surface area (Å²) in [5.41, 5.74) is 0.225. The average molecular weight is 278 g/mol. The van der Waals surface area contributed by atoms with E-state index < -0.39 is 4.92 Å². The van der Waals surface area contributed by atoms with Gasteiger partial charge in [0.1, 0.15) is 5.69 Å². The van der Waals surface area contributed by atoms with Crippen molar-refractivity contribution in [2.24, 2.45) is 0 Å². The first-order valence-electron chi connectivity index (χ1n) is 5.76. The van der Waals surface area contributed by atoms with Crippen molar-refractivity contribution >= 4 is 17.3 Å². The van der Waals surface area contributed by atoms with E-state index in [9.17, 15) is 14.9 Å². The van der Waals surface area contributed by atoms with E-state index in [1.165, 1.54) is 25.3 Å². The van der Waals surface area contributed by atoms with Crippen LogP contribution in [0.3, 0.4) is 0 Å². The number of benzene rings is 1. The third-order valence-electron chi connectivity index (χ3n) is 2.39. The van der Waals surface area contributed by atoms with Gasteiger partial charge in [-0.3, -0.25) is 14.9 Å². The number of carbonyl (C=O) groups excluding carboxylic acids is 1. The van der Waals surface area contributed by atoms with Crippen LogP contribution in [0.25, 0.3) is 0 Å². The summed E-state index contributed by atoms with van der Waals surface area (Å²) in [5.74, 6) is -0.321. The fraction of sp³-hybridized carbons (Fsp3) is 0.333. The molecule has 0 saturated carbocycles. The van der Waals surface area contributed by atoms with Crippen molar-refractivity contribution in [1.29, 1.82) is 5.26 Å². The van der Waals surface area contributed by atoms with Gasteiger partial charge < -0.3 is 15.4 Å². The molecule has 0 radical (unpaired) electrons. The lowest BCUT2D eigenvalue weighted by atomic mass is 10.2. The second-order valence-corrected chi connectivity index (χ2v) is 3.80. The molecule has 0 aromatic heterocycles. The molecule has 8 heteroatoms. The summed E-state index contributed by atoms with van der Waals surface area (Å²) in [7, 11) is 1.52. The van der Waals surface area contributed by atoms with Gasteiger partial charge in [-0.15, -0.1) is 0 Å². The molecule has 0 atom stereocenters. The smallest absolute Gasteiger partial charge is 0.292 e. The van der Waals surface area contributed by atoms with Crippen LogP contribution in [0.15, 0.2) is 18.2 Å².